The maximum absolute atomic E-state index is 3.73. The first-order valence-electron chi connectivity index (χ1n) is 6.18. The molecule has 0 radical (unpaired) electrons. The van der Waals surface area contributed by atoms with E-state index in [1.807, 2.05) is 11.8 Å². The van der Waals surface area contributed by atoms with Gasteiger partial charge in [0.05, 0.1) is 0 Å². The fourth-order valence-electron chi connectivity index (χ4n) is 2.41. The zero-order valence-corrected chi connectivity index (χ0v) is 13.9. The molecule has 0 nitrogen and oxygen atoms in total. The molecule has 0 N–H and O–H groups in total. The molecule has 0 amide bonds. The van der Waals surface area contributed by atoms with Gasteiger partial charge in [0.1, 0.15) is 0 Å². The van der Waals surface area contributed by atoms with Crippen molar-refractivity contribution in [1.29, 1.82) is 0 Å². The molecule has 1 aromatic rings. The van der Waals surface area contributed by atoms with Crippen LogP contribution in [0.25, 0.3) is 0 Å². The van der Waals surface area contributed by atoms with Crippen molar-refractivity contribution in [3.8, 4) is 0 Å². The lowest BCUT2D eigenvalue weighted by Gasteiger charge is -2.35. The van der Waals surface area contributed by atoms with E-state index >= 15 is 0 Å². The van der Waals surface area contributed by atoms with Crippen LogP contribution in [0.1, 0.15) is 32.1 Å². The Morgan fingerprint density at radius 2 is 1.94 bits per heavy atom. The Morgan fingerprint density at radius 1 is 1.18 bits per heavy atom. The van der Waals surface area contributed by atoms with E-state index in [0.29, 0.717) is 5.41 Å². The standard InChI is InChI=1S/C14H18Br2S/c15-10-14(7-2-1-3-8-14)11-17-13-6-4-5-12(16)9-13/h4-6,9H,1-3,7-8,10-11H2. The van der Waals surface area contributed by atoms with Gasteiger partial charge in [-0.2, -0.15) is 0 Å². The minimum Gasteiger partial charge on any atom is -0.126 e. The fraction of sp³-hybridized carbons (Fsp3) is 0.571. The molecule has 0 heterocycles. The summed E-state index contributed by atoms with van der Waals surface area (Å²) in [6.07, 6.45) is 7.02. The van der Waals surface area contributed by atoms with Crippen LogP contribution in [0.15, 0.2) is 33.6 Å². The molecule has 0 bridgehead atoms. The summed E-state index contributed by atoms with van der Waals surface area (Å²) in [5.41, 5.74) is 0.533. The third-order valence-electron chi connectivity index (χ3n) is 3.54. The predicted molar refractivity (Wildman–Crippen MR) is 84.2 cm³/mol. The number of hydrogen-bond acceptors (Lipinski definition) is 1. The quantitative estimate of drug-likeness (QED) is 0.465. The molecule has 94 valence electrons. The van der Waals surface area contributed by atoms with Gasteiger partial charge in [0.15, 0.2) is 0 Å². The highest BCUT2D eigenvalue weighted by Gasteiger charge is 2.30. The summed E-state index contributed by atoms with van der Waals surface area (Å²) in [5.74, 6) is 1.24. The summed E-state index contributed by atoms with van der Waals surface area (Å²) in [6.45, 7) is 0. The molecule has 0 atom stereocenters. The van der Waals surface area contributed by atoms with Crippen LogP contribution >= 0.6 is 43.6 Å². The van der Waals surface area contributed by atoms with Crippen LogP contribution in [0.2, 0.25) is 0 Å². The highest BCUT2D eigenvalue weighted by Crippen LogP contribution is 2.42. The van der Waals surface area contributed by atoms with E-state index in [2.05, 4.69) is 56.1 Å². The van der Waals surface area contributed by atoms with Crippen LogP contribution in [-0.2, 0) is 0 Å². The van der Waals surface area contributed by atoms with Gasteiger partial charge in [0.2, 0.25) is 0 Å². The molecule has 1 fully saturated rings. The Balaban J connectivity index is 1.95. The summed E-state index contributed by atoms with van der Waals surface area (Å²) >= 11 is 9.27. The summed E-state index contributed by atoms with van der Waals surface area (Å²) in [6, 6.07) is 8.63. The van der Waals surface area contributed by atoms with Gasteiger partial charge in [-0.15, -0.1) is 11.8 Å². The van der Waals surface area contributed by atoms with E-state index in [1.165, 1.54) is 47.2 Å². The first-order valence-corrected chi connectivity index (χ1v) is 9.08. The Bertz CT molecular complexity index is 359. The van der Waals surface area contributed by atoms with Crippen molar-refractivity contribution in [2.75, 3.05) is 11.1 Å². The van der Waals surface area contributed by atoms with Gasteiger partial charge >= 0.3 is 0 Å². The average Bonchev–Trinajstić information content (AvgIpc) is 2.38. The van der Waals surface area contributed by atoms with Crippen molar-refractivity contribution in [3.05, 3.63) is 28.7 Å². The Morgan fingerprint density at radius 3 is 2.59 bits per heavy atom. The first kappa shape index (κ1) is 14.0. The van der Waals surface area contributed by atoms with Crippen molar-refractivity contribution in [2.24, 2.45) is 5.41 Å². The number of alkyl halides is 1. The number of hydrogen-bond donors (Lipinski definition) is 0. The van der Waals surface area contributed by atoms with Gasteiger partial charge in [0.25, 0.3) is 0 Å². The molecule has 0 unspecified atom stereocenters. The topological polar surface area (TPSA) is 0 Å². The molecule has 0 aliphatic heterocycles. The molecule has 1 aromatic carbocycles. The van der Waals surface area contributed by atoms with Gasteiger partial charge in [-0.25, -0.2) is 0 Å². The lowest BCUT2D eigenvalue weighted by Crippen LogP contribution is -2.28. The second-order valence-corrected chi connectivity index (χ2v) is 7.47. The maximum atomic E-state index is 3.73. The second kappa shape index (κ2) is 6.63. The van der Waals surface area contributed by atoms with Crippen LogP contribution in [0.5, 0.6) is 0 Å². The van der Waals surface area contributed by atoms with Gasteiger partial charge in [-0.3, -0.25) is 0 Å². The van der Waals surface area contributed by atoms with Crippen LogP contribution in [0.3, 0.4) is 0 Å². The van der Waals surface area contributed by atoms with Gasteiger partial charge in [-0.05, 0) is 36.5 Å². The maximum Gasteiger partial charge on any atom is 0.0186 e. The Kier molecular flexibility index (Phi) is 5.44. The van der Waals surface area contributed by atoms with Crippen molar-refractivity contribution in [3.63, 3.8) is 0 Å². The van der Waals surface area contributed by atoms with E-state index in [1.54, 1.807) is 0 Å². The van der Waals surface area contributed by atoms with E-state index in [9.17, 15) is 0 Å². The zero-order valence-electron chi connectivity index (χ0n) is 9.92. The highest BCUT2D eigenvalue weighted by atomic mass is 79.9. The molecule has 0 spiro atoms. The van der Waals surface area contributed by atoms with Crippen molar-refractivity contribution >= 4 is 43.6 Å². The molecule has 17 heavy (non-hydrogen) atoms. The predicted octanol–water partition coefficient (Wildman–Crippen LogP) is 5.89. The van der Waals surface area contributed by atoms with E-state index < -0.39 is 0 Å². The largest absolute Gasteiger partial charge is 0.126 e. The molecule has 3 heteroatoms. The molecule has 1 aliphatic rings. The summed E-state index contributed by atoms with van der Waals surface area (Å²) in [4.78, 5) is 1.38. The molecular weight excluding hydrogens is 360 g/mol. The highest BCUT2D eigenvalue weighted by molar-refractivity contribution is 9.10. The average molecular weight is 378 g/mol. The van der Waals surface area contributed by atoms with Crippen molar-refractivity contribution in [1.82, 2.24) is 0 Å². The normalized spacial score (nSPS) is 19.2. The van der Waals surface area contributed by atoms with Crippen LogP contribution in [0, 0.1) is 5.41 Å². The summed E-state index contributed by atoms with van der Waals surface area (Å²) in [5, 5.41) is 1.15. The number of thioether (sulfide) groups is 1. The summed E-state index contributed by atoms with van der Waals surface area (Å²) < 4.78 is 1.18. The van der Waals surface area contributed by atoms with E-state index in [-0.39, 0.29) is 0 Å². The van der Waals surface area contributed by atoms with Gasteiger partial charge in [-0.1, -0.05) is 57.2 Å². The number of halogens is 2. The lowest BCUT2D eigenvalue weighted by atomic mass is 9.77. The van der Waals surface area contributed by atoms with E-state index in [4.69, 9.17) is 0 Å². The van der Waals surface area contributed by atoms with Gasteiger partial charge < -0.3 is 0 Å². The van der Waals surface area contributed by atoms with Crippen molar-refractivity contribution < 1.29 is 0 Å². The molecular formula is C14H18Br2S. The van der Waals surface area contributed by atoms with Crippen LogP contribution in [-0.4, -0.2) is 11.1 Å². The SMILES string of the molecule is BrCC1(CSc2cccc(Br)c2)CCCCC1. The number of benzene rings is 1. The number of rotatable bonds is 4. The van der Waals surface area contributed by atoms with Crippen LogP contribution < -0.4 is 0 Å². The minimum absolute atomic E-state index is 0.533. The lowest BCUT2D eigenvalue weighted by molar-refractivity contribution is 0.260. The first-order chi connectivity index (χ1) is 8.24. The third-order valence-corrected chi connectivity index (χ3v) is 6.57. The van der Waals surface area contributed by atoms with E-state index in [0.717, 1.165) is 5.33 Å². The Labute approximate surface area is 125 Å². The zero-order chi connectivity index (χ0) is 12.1. The smallest absolute Gasteiger partial charge is 0.0186 e. The third kappa shape index (κ3) is 4.00. The minimum atomic E-state index is 0.533. The molecule has 2 rings (SSSR count). The molecule has 0 saturated heterocycles. The second-order valence-electron chi connectivity index (χ2n) is 4.94. The van der Waals surface area contributed by atoms with Crippen molar-refractivity contribution in [2.45, 2.75) is 37.0 Å². The van der Waals surface area contributed by atoms with Gasteiger partial charge in [0, 0.05) is 20.5 Å². The fourth-order valence-corrected chi connectivity index (χ4v) is 5.23. The van der Waals surface area contributed by atoms with Crippen LogP contribution in [0.4, 0.5) is 0 Å². The monoisotopic (exact) mass is 376 g/mol. The molecule has 1 saturated carbocycles. The Hall–Kier alpha value is 0.530. The summed E-state index contributed by atoms with van der Waals surface area (Å²) in [7, 11) is 0. The molecule has 0 aromatic heterocycles. The molecule has 1 aliphatic carbocycles.